The van der Waals surface area contributed by atoms with Crippen LogP contribution in [0.5, 0.6) is 0 Å². The number of fused-ring (bicyclic) bond motifs is 1. The number of nitrogens with one attached hydrogen (secondary N) is 2. The van der Waals surface area contributed by atoms with E-state index >= 15 is 0 Å². The van der Waals surface area contributed by atoms with Crippen molar-refractivity contribution in [3.8, 4) is 11.1 Å². The van der Waals surface area contributed by atoms with Crippen molar-refractivity contribution in [2.24, 2.45) is 0 Å². The van der Waals surface area contributed by atoms with Crippen LogP contribution in [0.15, 0.2) is 91.1 Å². The number of rotatable bonds is 4. The van der Waals surface area contributed by atoms with E-state index in [4.69, 9.17) is 0 Å². The van der Waals surface area contributed by atoms with E-state index in [0.29, 0.717) is 41.2 Å². The van der Waals surface area contributed by atoms with Gasteiger partial charge >= 0.3 is 12.2 Å². The van der Waals surface area contributed by atoms with Crippen molar-refractivity contribution < 1.29 is 22.8 Å². The Morgan fingerprint density at radius 2 is 1.62 bits per heavy atom. The lowest BCUT2D eigenvalue weighted by Crippen LogP contribution is -2.33. The lowest BCUT2D eigenvalue weighted by atomic mass is 9.98. The van der Waals surface area contributed by atoms with Gasteiger partial charge in [-0.25, -0.2) is 9.78 Å². The highest BCUT2D eigenvalue weighted by molar-refractivity contribution is 6.09. The molecule has 6 nitrogen and oxygen atoms in total. The van der Waals surface area contributed by atoms with Crippen molar-refractivity contribution in [1.82, 2.24) is 4.98 Å². The van der Waals surface area contributed by atoms with E-state index in [-0.39, 0.29) is 6.03 Å². The van der Waals surface area contributed by atoms with Crippen molar-refractivity contribution in [2.75, 3.05) is 22.1 Å². The Bertz CT molecular complexity index is 1450. The Morgan fingerprint density at radius 1 is 0.865 bits per heavy atom. The number of hydrogen-bond donors (Lipinski definition) is 2. The topological polar surface area (TPSA) is 74.3 Å². The molecular weight excluding hydrogens is 481 g/mol. The first-order valence-corrected chi connectivity index (χ1v) is 11.5. The highest BCUT2D eigenvalue weighted by Crippen LogP contribution is 2.33. The summed E-state index contributed by atoms with van der Waals surface area (Å²) in [6, 6.07) is 21.7. The summed E-state index contributed by atoms with van der Waals surface area (Å²) in [5.41, 5.74) is 2.81. The molecule has 0 saturated heterocycles. The standard InChI is InChI=1S/C28H21F3N4O2/c29-28(30,31)20-10-8-18(9-11-20)22-5-1-2-6-23(22)26(36)33-21-12-13-24-19(17-21)14-16-35(24)27(37)34-25-7-3-4-15-32-25/h1-13,15,17H,14,16H2,(H,33,36)(H,32,34,37). The molecular formula is C28H21F3N4O2. The van der Waals surface area contributed by atoms with E-state index in [0.717, 1.165) is 23.4 Å². The number of aromatic nitrogens is 1. The summed E-state index contributed by atoms with van der Waals surface area (Å²) in [4.78, 5) is 31.6. The molecule has 2 heterocycles. The maximum absolute atomic E-state index is 13.1. The fourth-order valence-corrected chi connectivity index (χ4v) is 4.27. The van der Waals surface area contributed by atoms with Gasteiger partial charge in [0.25, 0.3) is 5.91 Å². The number of carbonyl (C=O) groups excluding carboxylic acids is 2. The number of amides is 3. The van der Waals surface area contributed by atoms with E-state index in [9.17, 15) is 22.8 Å². The summed E-state index contributed by atoms with van der Waals surface area (Å²) in [5.74, 6) is 0.0646. The van der Waals surface area contributed by atoms with Crippen LogP contribution in [-0.2, 0) is 12.6 Å². The first-order valence-electron chi connectivity index (χ1n) is 11.5. The molecule has 0 radical (unpaired) electrons. The second kappa shape index (κ2) is 9.77. The molecule has 0 unspecified atom stereocenters. The molecule has 0 spiro atoms. The Hall–Kier alpha value is -4.66. The van der Waals surface area contributed by atoms with Crippen molar-refractivity contribution in [2.45, 2.75) is 12.6 Å². The normalized spacial score (nSPS) is 12.7. The average Bonchev–Trinajstić information content (AvgIpc) is 3.32. The smallest absolute Gasteiger partial charge is 0.322 e. The zero-order valence-electron chi connectivity index (χ0n) is 19.4. The van der Waals surface area contributed by atoms with E-state index in [1.165, 1.54) is 12.1 Å². The van der Waals surface area contributed by atoms with Crippen molar-refractivity contribution >= 4 is 29.1 Å². The fourth-order valence-electron chi connectivity index (χ4n) is 4.27. The molecule has 9 heteroatoms. The number of benzene rings is 3. The van der Waals surface area contributed by atoms with Gasteiger partial charge in [-0.15, -0.1) is 0 Å². The summed E-state index contributed by atoms with van der Waals surface area (Å²) >= 11 is 0. The van der Waals surface area contributed by atoms with Crippen LogP contribution in [0.4, 0.5) is 35.2 Å². The summed E-state index contributed by atoms with van der Waals surface area (Å²) in [5, 5.41) is 5.64. The highest BCUT2D eigenvalue weighted by Gasteiger charge is 2.30. The molecule has 4 aromatic rings. The number of hydrogen-bond acceptors (Lipinski definition) is 3. The molecule has 37 heavy (non-hydrogen) atoms. The van der Waals surface area contributed by atoms with Crippen molar-refractivity contribution in [3.63, 3.8) is 0 Å². The molecule has 2 N–H and O–H groups in total. The zero-order chi connectivity index (χ0) is 26.0. The minimum absolute atomic E-state index is 0.292. The predicted molar refractivity (Wildman–Crippen MR) is 136 cm³/mol. The second-order valence-corrected chi connectivity index (χ2v) is 8.47. The molecule has 5 rings (SSSR count). The van der Waals surface area contributed by atoms with E-state index < -0.39 is 17.6 Å². The number of pyridine rings is 1. The van der Waals surface area contributed by atoms with Gasteiger partial charge in [0.15, 0.2) is 0 Å². The molecule has 1 aromatic heterocycles. The lowest BCUT2D eigenvalue weighted by Gasteiger charge is -2.18. The van der Waals surface area contributed by atoms with Gasteiger partial charge in [-0.3, -0.25) is 15.0 Å². The Labute approximate surface area is 210 Å². The lowest BCUT2D eigenvalue weighted by molar-refractivity contribution is -0.137. The maximum atomic E-state index is 13.1. The van der Waals surface area contributed by atoms with Crippen LogP contribution < -0.4 is 15.5 Å². The third kappa shape index (κ3) is 5.16. The van der Waals surface area contributed by atoms with Gasteiger partial charge in [-0.1, -0.05) is 36.4 Å². The summed E-state index contributed by atoms with van der Waals surface area (Å²) < 4.78 is 38.8. The second-order valence-electron chi connectivity index (χ2n) is 8.47. The predicted octanol–water partition coefficient (Wildman–Crippen LogP) is 6.61. The van der Waals surface area contributed by atoms with Crippen LogP contribution in [-0.4, -0.2) is 23.5 Å². The van der Waals surface area contributed by atoms with Gasteiger partial charge in [0.05, 0.1) is 5.56 Å². The summed E-state index contributed by atoms with van der Waals surface area (Å²) in [6.45, 7) is 0.488. The van der Waals surface area contributed by atoms with Crippen LogP contribution in [0.1, 0.15) is 21.5 Å². The molecule has 0 aliphatic carbocycles. The van der Waals surface area contributed by atoms with E-state index in [1.807, 2.05) is 6.07 Å². The number of nitrogens with zero attached hydrogens (tertiary/aromatic N) is 2. The van der Waals surface area contributed by atoms with Gasteiger partial charge < -0.3 is 5.32 Å². The average molecular weight is 502 g/mol. The first-order chi connectivity index (χ1) is 17.8. The Kier molecular flexibility index (Phi) is 6.35. The number of carbonyl (C=O) groups is 2. The largest absolute Gasteiger partial charge is 0.416 e. The van der Waals surface area contributed by atoms with Crippen LogP contribution in [0.2, 0.25) is 0 Å². The number of urea groups is 1. The van der Waals surface area contributed by atoms with Gasteiger partial charge in [-0.05, 0) is 71.6 Å². The van der Waals surface area contributed by atoms with Crippen molar-refractivity contribution in [1.29, 1.82) is 0 Å². The molecule has 1 aliphatic heterocycles. The zero-order valence-corrected chi connectivity index (χ0v) is 19.4. The molecule has 1 aliphatic rings. The van der Waals surface area contributed by atoms with Crippen LogP contribution in [0.25, 0.3) is 11.1 Å². The van der Waals surface area contributed by atoms with Gasteiger partial charge in [0.2, 0.25) is 0 Å². The summed E-state index contributed by atoms with van der Waals surface area (Å²) in [7, 11) is 0. The molecule has 3 amide bonds. The van der Waals surface area contributed by atoms with Crippen LogP contribution >= 0.6 is 0 Å². The molecule has 0 saturated carbocycles. The minimum Gasteiger partial charge on any atom is -0.322 e. The molecule has 0 bridgehead atoms. The van der Waals surface area contributed by atoms with Gasteiger partial charge in [-0.2, -0.15) is 13.2 Å². The quantitative estimate of drug-likeness (QED) is 0.330. The molecule has 186 valence electrons. The SMILES string of the molecule is O=C(Nc1ccc2c(c1)CCN2C(=O)Nc1ccccn1)c1ccccc1-c1ccc(C(F)(F)F)cc1. The van der Waals surface area contributed by atoms with E-state index in [2.05, 4.69) is 15.6 Å². The molecule has 3 aromatic carbocycles. The first kappa shape index (κ1) is 24.1. The van der Waals surface area contributed by atoms with E-state index in [1.54, 1.807) is 65.7 Å². The maximum Gasteiger partial charge on any atom is 0.416 e. The fraction of sp³-hybridized carbons (Fsp3) is 0.107. The van der Waals surface area contributed by atoms with Crippen LogP contribution in [0.3, 0.4) is 0 Å². The summed E-state index contributed by atoms with van der Waals surface area (Å²) in [6.07, 6.45) is -2.22. The van der Waals surface area contributed by atoms with Crippen molar-refractivity contribution in [3.05, 3.63) is 108 Å². The Balaban J connectivity index is 1.32. The van der Waals surface area contributed by atoms with Gasteiger partial charge in [0, 0.05) is 29.7 Å². The number of halogens is 3. The third-order valence-corrected chi connectivity index (χ3v) is 6.07. The number of anilines is 3. The third-order valence-electron chi connectivity index (χ3n) is 6.07. The molecule has 0 atom stereocenters. The highest BCUT2D eigenvalue weighted by atomic mass is 19.4. The monoisotopic (exact) mass is 502 g/mol. The Morgan fingerprint density at radius 3 is 2.35 bits per heavy atom. The minimum atomic E-state index is -4.43. The van der Waals surface area contributed by atoms with Gasteiger partial charge in [0.1, 0.15) is 5.82 Å². The van der Waals surface area contributed by atoms with Crippen LogP contribution in [0, 0.1) is 0 Å². The number of alkyl halides is 3. The molecule has 0 fully saturated rings.